The lowest BCUT2D eigenvalue weighted by Gasteiger charge is -2.10. The fourth-order valence-electron chi connectivity index (χ4n) is 2.78. The first kappa shape index (κ1) is 24.6. The summed E-state index contributed by atoms with van der Waals surface area (Å²) in [5.74, 6) is 0.688. The van der Waals surface area contributed by atoms with E-state index in [0.29, 0.717) is 18.7 Å². The fourth-order valence-corrected chi connectivity index (χ4v) is 2.78. The maximum atomic E-state index is 9.19. The Hall–Kier alpha value is -2.68. The fraction of sp³-hybridized carbons (Fsp3) is 0.348. The summed E-state index contributed by atoms with van der Waals surface area (Å²) >= 11 is 0. The molecule has 168 valence electrons. The first-order valence-electron chi connectivity index (χ1n) is 9.96. The largest absolute Gasteiger partial charge is 0.476 e. The Balaban J connectivity index is 0.000000614. The highest BCUT2D eigenvalue weighted by Gasteiger charge is 2.13. The lowest BCUT2D eigenvalue weighted by molar-refractivity contribution is 0.273. The van der Waals surface area contributed by atoms with Crippen LogP contribution >= 0.6 is 0 Å². The van der Waals surface area contributed by atoms with E-state index in [2.05, 4.69) is 87.6 Å². The third-order valence-electron chi connectivity index (χ3n) is 4.33. The molecule has 0 aliphatic carbocycles. The van der Waals surface area contributed by atoms with E-state index in [9.17, 15) is 8.42 Å². The van der Waals surface area contributed by atoms with Crippen molar-refractivity contribution in [2.45, 2.75) is 20.3 Å². The molecule has 31 heavy (non-hydrogen) atoms. The highest BCUT2D eigenvalue weighted by atomic mass is 32.2. The van der Waals surface area contributed by atoms with Gasteiger partial charge in [0, 0.05) is 12.7 Å². The molecule has 0 radical (unpaired) electrons. The Labute approximate surface area is 185 Å². The molecule has 0 saturated heterocycles. The molecule has 8 heteroatoms. The van der Waals surface area contributed by atoms with E-state index in [-0.39, 0.29) is 0 Å². The van der Waals surface area contributed by atoms with Crippen LogP contribution in [0.2, 0.25) is 0 Å². The van der Waals surface area contributed by atoms with Crippen LogP contribution in [0.25, 0.3) is 16.8 Å². The molecule has 1 N–H and O–H groups in total. The molecule has 3 rings (SSSR count). The predicted octanol–water partition coefficient (Wildman–Crippen LogP) is 3.99. The summed E-state index contributed by atoms with van der Waals surface area (Å²) in [6, 6.07) is 16.8. The smallest absolute Gasteiger partial charge is 0.261 e. The normalized spacial score (nSPS) is 11.2. The van der Waals surface area contributed by atoms with Crippen LogP contribution in [-0.4, -0.2) is 61.2 Å². The average molecular weight is 446 g/mol. The Morgan fingerprint density at radius 2 is 1.52 bits per heavy atom. The summed E-state index contributed by atoms with van der Waals surface area (Å²) in [7, 11) is 0.480. The van der Waals surface area contributed by atoms with Crippen molar-refractivity contribution >= 4 is 10.1 Å². The molecule has 3 aromatic rings. The van der Waals surface area contributed by atoms with E-state index in [1.54, 1.807) is 0 Å². The molecule has 0 aliphatic heterocycles. The first-order chi connectivity index (χ1) is 14.5. The number of hydrogen-bond acceptors (Lipinski definition) is 5. The summed E-state index contributed by atoms with van der Waals surface area (Å²) in [5, 5.41) is 4.71. The molecule has 2 aromatic carbocycles. The van der Waals surface area contributed by atoms with Crippen molar-refractivity contribution in [2.24, 2.45) is 0 Å². The molecular formula is C23H31N3O4S. The molecule has 0 atom stereocenters. The Kier molecular flexibility index (Phi) is 8.79. The molecule has 0 fully saturated rings. The summed E-state index contributed by atoms with van der Waals surface area (Å²) in [6.45, 7) is 5.84. The minimum absolute atomic E-state index is 0.655. The van der Waals surface area contributed by atoms with E-state index in [4.69, 9.17) is 14.4 Å². The van der Waals surface area contributed by atoms with Crippen molar-refractivity contribution in [2.75, 3.05) is 33.5 Å². The van der Waals surface area contributed by atoms with Crippen LogP contribution in [0.4, 0.5) is 0 Å². The van der Waals surface area contributed by atoms with E-state index in [1.807, 2.05) is 4.68 Å². The third-order valence-corrected chi connectivity index (χ3v) is 4.33. The topological polar surface area (TPSA) is 84.7 Å². The van der Waals surface area contributed by atoms with Gasteiger partial charge in [-0.3, -0.25) is 4.55 Å². The number of benzene rings is 2. The summed E-state index contributed by atoms with van der Waals surface area (Å²) in [6.07, 6.45) is 3.74. The van der Waals surface area contributed by atoms with Gasteiger partial charge in [0.1, 0.15) is 0 Å². The Morgan fingerprint density at radius 3 is 2.03 bits per heavy atom. The molecule has 1 heterocycles. The molecule has 1 aromatic heterocycles. The first-order valence-corrected chi connectivity index (χ1v) is 11.8. The molecular weight excluding hydrogens is 414 g/mol. The highest BCUT2D eigenvalue weighted by molar-refractivity contribution is 7.85. The van der Waals surface area contributed by atoms with Gasteiger partial charge in [0.25, 0.3) is 10.1 Å². The molecule has 0 saturated carbocycles. The molecule has 0 bridgehead atoms. The lowest BCUT2D eigenvalue weighted by Crippen LogP contribution is -2.15. The minimum atomic E-state index is -3.67. The highest BCUT2D eigenvalue weighted by Crippen LogP contribution is 2.30. The molecule has 7 nitrogen and oxygen atoms in total. The van der Waals surface area contributed by atoms with Gasteiger partial charge in [0.15, 0.2) is 0 Å². The minimum Gasteiger partial charge on any atom is -0.476 e. The van der Waals surface area contributed by atoms with E-state index >= 15 is 0 Å². The van der Waals surface area contributed by atoms with E-state index in [1.165, 1.54) is 11.1 Å². The maximum Gasteiger partial charge on any atom is 0.261 e. The summed E-state index contributed by atoms with van der Waals surface area (Å²) in [5.41, 5.74) is 5.66. The second kappa shape index (κ2) is 11.1. The predicted molar refractivity (Wildman–Crippen MR) is 125 cm³/mol. The molecule has 0 unspecified atom stereocenters. The van der Waals surface area contributed by atoms with Crippen LogP contribution in [-0.2, 0) is 10.1 Å². The van der Waals surface area contributed by atoms with Gasteiger partial charge in [-0.2, -0.15) is 8.42 Å². The number of aryl methyl sites for hydroxylation is 2. The number of aromatic nitrogens is 2. The van der Waals surface area contributed by atoms with Crippen molar-refractivity contribution in [1.29, 1.82) is 0 Å². The second-order valence-corrected chi connectivity index (χ2v) is 9.20. The van der Waals surface area contributed by atoms with Gasteiger partial charge in [0.05, 0.1) is 24.1 Å². The zero-order valence-electron chi connectivity index (χ0n) is 18.7. The van der Waals surface area contributed by atoms with E-state index < -0.39 is 10.1 Å². The lowest BCUT2D eigenvalue weighted by atomic mass is 10.1. The van der Waals surface area contributed by atoms with Gasteiger partial charge in [-0.1, -0.05) is 47.5 Å². The standard InChI is InChI=1S/C22H27N3O.CH4O3S/c1-17-6-10-19(11-7-17)21-16-25(20-12-8-18(2)9-13-20)23-22(21)26-15-5-14-24(3)4;1-5(2,3)4/h6-13,16H,5,14-15H2,1-4H3;1H3,(H,2,3,4). The van der Waals surface area contributed by atoms with Crippen molar-refractivity contribution in [1.82, 2.24) is 14.7 Å². The van der Waals surface area contributed by atoms with Gasteiger partial charge in [-0.05, 0) is 52.1 Å². The van der Waals surface area contributed by atoms with Gasteiger partial charge in [-0.15, -0.1) is 5.10 Å². The quantitative estimate of drug-likeness (QED) is 0.437. The van der Waals surface area contributed by atoms with Gasteiger partial charge in [-0.25, -0.2) is 4.68 Å². The van der Waals surface area contributed by atoms with Crippen LogP contribution < -0.4 is 4.74 Å². The van der Waals surface area contributed by atoms with Crippen LogP contribution in [0.15, 0.2) is 54.7 Å². The zero-order chi connectivity index (χ0) is 23.0. The van der Waals surface area contributed by atoms with Crippen molar-refractivity contribution in [3.8, 4) is 22.7 Å². The Bertz CT molecular complexity index is 1050. The van der Waals surface area contributed by atoms with Gasteiger partial charge >= 0.3 is 0 Å². The SMILES string of the molecule is CS(=O)(=O)O.Cc1ccc(-c2cn(-c3ccc(C)cc3)nc2OCCCN(C)C)cc1. The Morgan fingerprint density at radius 1 is 1.00 bits per heavy atom. The zero-order valence-corrected chi connectivity index (χ0v) is 19.6. The molecule has 0 aliphatic rings. The summed E-state index contributed by atoms with van der Waals surface area (Å²) in [4.78, 5) is 2.16. The second-order valence-electron chi connectivity index (χ2n) is 7.73. The van der Waals surface area contributed by atoms with Crippen LogP contribution in [0.3, 0.4) is 0 Å². The maximum absolute atomic E-state index is 9.19. The van der Waals surface area contributed by atoms with E-state index in [0.717, 1.165) is 29.8 Å². The monoisotopic (exact) mass is 445 g/mol. The average Bonchev–Trinajstić information content (AvgIpc) is 3.09. The number of hydrogen-bond donors (Lipinski definition) is 1. The summed E-state index contributed by atoms with van der Waals surface area (Å²) < 4.78 is 33.8. The van der Waals surface area contributed by atoms with Crippen LogP contribution in [0.5, 0.6) is 5.88 Å². The number of nitrogens with zero attached hydrogens (tertiary/aromatic N) is 3. The van der Waals surface area contributed by atoms with Crippen LogP contribution in [0.1, 0.15) is 17.5 Å². The molecule has 0 amide bonds. The molecule has 0 spiro atoms. The third kappa shape index (κ3) is 8.92. The van der Waals surface area contributed by atoms with Crippen LogP contribution in [0, 0.1) is 13.8 Å². The van der Waals surface area contributed by atoms with Gasteiger partial charge in [0.2, 0.25) is 5.88 Å². The van der Waals surface area contributed by atoms with Crippen molar-refractivity contribution in [3.05, 3.63) is 65.9 Å². The number of rotatable bonds is 7. The van der Waals surface area contributed by atoms with Crippen molar-refractivity contribution in [3.63, 3.8) is 0 Å². The number of ether oxygens (including phenoxy) is 1. The van der Waals surface area contributed by atoms with Crippen molar-refractivity contribution < 1.29 is 17.7 Å². The van der Waals surface area contributed by atoms with Gasteiger partial charge < -0.3 is 9.64 Å².